The first-order chi connectivity index (χ1) is 9.68. The molecule has 5 heteroatoms. The fourth-order valence-electron chi connectivity index (χ4n) is 2.65. The molecule has 0 spiro atoms. The van der Waals surface area contributed by atoms with Crippen molar-refractivity contribution >= 4 is 29.3 Å². The van der Waals surface area contributed by atoms with Gasteiger partial charge in [-0.3, -0.25) is 9.78 Å². The van der Waals surface area contributed by atoms with Crippen molar-refractivity contribution in [3.05, 3.63) is 54.4 Å². The molecule has 0 aliphatic carbocycles. The van der Waals surface area contributed by atoms with Crippen LogP contribution in [0.2, 0.25) is 0 Å². The van der Waals surface area contributed by atoms with Gasteiger partial charge in [-0.2, -0.15) is 0 Å². The van der Waals surface area contributed by atoms with Crippen LogP contribution in [0.4, 0.5) is 0 Å². The molecule has 2 heterocycles. The minimum Gasteiger partial charge on any atom is -0.480 e. The van der Waals surface area contributed by atoms with E-state index in [2.05, 4.69) is 4.98 Å². The quantitative estimate of drug-likeness (QED) is 0.805. The van der Waals surface area contributed by atoms with Crippen molar-refractivity contribution < 1.29 is 9.90 Å². The van der Waals surface area contributed by atoms with Crippen LogP contribution in [-0.2, 0) is 11.3 Å². The van der Waals surface area contributed by atoms with Gasteiger partial charge in [-0.1, -0.05) is 18.2 Å². The highest BCUT2D eigenvalue weighted by Gasteiger charge is 2.17. The fourth-order valence-corrected chi connectivity index (χ4v) is 2.65. The van der Waals surface area contributed by atoms with E-state index in [9.17, 15) is 9.90 Å². The summed E-state index contributed by atoms with van der Waals surface area (Å²) >= 11 is 0. The average molecular weight is 303 g/mol. The summed E-state index contributed by atoms with van der Waals surface area (Å²) in [4.78, 5) is 15.3. The molecule has 3 aromatic rings. The molecule has 0 unspecified atom stereocenters. The predicted molar refractivity (Wildman–Crippen MR) is 84.8 cm³/mol. The molecule has 2 aromatic heterocycles. The highest BCUT2D eigenvalue weighted by molar-refractivity contribution is 5.92. The Morgan fingerprint density at radius 3 is 2.67 bits per heavy atom. The number of fused-ring (bicyclic) bond motifs is 1. The van der Waals surface area contributed by atoms with Gasteiger partial charge >= 0.3 is 5.97 Å². The Morgan fingerprint density at radius 2 is 2.00 bits per heavy atom. The van der Waals surface area contributed by atoms with Gasteiger partial charge in [-0.15, -0.1) is 12.4 Å². The molecule has 0 radical (unpaired) electrons. The van der Waals surface area contributed by atoms with Gasteiger partial charge < -0.3 is 9.67 Å². The highest BCUT2D eigenvalue weighted by atomic mass is 35.5. The summed E-state index contributed by atoms with van der Waals surface area (Å²) < 4.78 is 1.84. The molecule has 3 rings (SSSR count). The van der Waals surface area contributed by atoms with E-state index in [1.54, 1.807) is 12.4 Å². The second-order valence-electron chi connectivity index (χ2n) is 4.71. The fraction of sp³-hybridized carbons (Fsp3) is 0.125. The maximum atomic E-state index is 11.2. The Labute approximate surface area is 128 Å². The number of pyridine rings is 1. The van der Waals surface area contributed by atoms with Crippen LogP contribution in [0.5, 0.6) is 0 Å². The number of hydrogen-bond donors (Lipinski definition) is 1. The van der Waals surface area contributed by atoms with E-state index < -0.39 is 5.97 Å². The Bertz CT molecular complexity index is 782. The third-order valence-electron chi connectivity index (χ3n) is 3.45. The summed E-state index contributed by atoms with van der Waals surface area (Å²) in [7, 11) is 0. The topological polar surface area (TPSA) is 55.1 Å². The van der Waals surface area contributed by atoms with Gasteiger partial charge in [0.25, 0.3) is 0 Å². The average Bonchev–Trinajstić information content (AvgIpc) is 2.73. The summed E-state index contributed by atoms with van der Waals surface area (Å²) in [6, 6.07) is 11.7. The zero-order chi connectivity index (χ0) is 14.1. The van der Waals surface area contributed by atoms with E-state index in [0.29, 0.717) is 0 Å². The molecule has 0 bridgehead atoms. The molecule has 0 fully saturated rings. The maximum Gasteiger partial charge on any atom is 0.323 e. The first-order valence-corrected chi connectivity index (χ1v) is 6.38. The molecule has 1 N–H and O–H groups in total. The number of halogens is 1. The standard InChI is InChI=1S/C16H14N2O2.ClH/c1-11-13-6-2-3-7-14(13)18(10-15(19)20)16(11)12-5-4-8-17-9-12;/h2-9H,10H2,1H3,(H,19,20);1H. The van der Waals surface area contributed by atoms with Gasteiger partial charge in [-0.05, 0) is 30.7 Å². The molecule has 1 aromatic carbocycles. The number of rotatable bonds is 3. The van der Waals surface area contributed by atoms with Crippen molar-refractivity contribution in [3.63, 3.8) is 0 Å². The third-order valence-corrected chi connectivity index (χ3v) is 3.45. The van der Waals surface area contributed by atoms with Crippen LogP contribution in [0.15, 0.2) is 48.8 Å². The van der Waals surface area contributed by atoms with Crippen molar-refractivity contribution in [2.24, 2.45) is 0 Å². The summed E-state index contributed by atoms with van der Waals surface area (Å²) in [6.07, 6.45) is 3.47. The lowest BCUT2D eigenvalue weighted by Gasteiger charge is -2.09. The van der Waals surface area contributed by atoms with E-state index >= 15 is 0 Å². The minimum absolute atomic E-state index is 0. The Morgan fingerprint density at radius 1 is 1.24 bits per heavy atom. The monoisotopic (exact) mass is 302 g/mol. The smallest absolute Gasteiger partial charge is 0.323 e. The van der Waals surface area contributed by atoms with Gasteiger partial charge in [0.15, 0.2) is 0 Å². The first kappa shape index (κ1) is 15.1. The van der Waals surface area contributed by atoms with E-state index in [1.807, 2.05) is 47.9 Å². The Balaban J connectivity index is 0.00000161. The lowest BCUT2D eigenvalue weighted by Crippen LogP contribution is -2.10. The number of carboxylic acids is 1. The number of hydrogen-bond acceptors (Lipinski definition) is 2. The van der Waals surface area contributed by atoms with E-state index in [1.165, 1.54) is 0 Å². The van der Waals surface area contributed by atoms with E-state index in [0.717, 1.165) is 27.7 Å². The number of carboxylic acid groups (broad SMARTS) is 1. The van der Waals surface area contributed by atoms with Crippen LogP contribution >= 0.6 is 12.4 Å². The van der Waals surface area contributed by atoms with Crippen LogP contribution in [-0.4, -0.2) is 20.6 Å². The lowest BCUT2D eigenvalue weighted by atomic mass is 10.1. The van der Waals surface area contributed by atoms with Crippen LogP contribution in [0.25, 0.3) is 22.2 Å². The normalized spacial score (nSPS) is 10.3. The molecule has 4 nitrogen and oxygen atoms in total. The second-order valence-corrected chi connectivity index (χ2v) is 4.71. The maximum absolute atomic E-state index is 11.2. The number of benzene rings is 1. The number of para-hydroxylation sites is 1. The number of nitrogens with zero attached hydrogens (tertiary/aromatic N) is 2. The lowest BCUT2D eigenvalue weighted by molar-refractivity contribution is -0.137. The third kappa shape index (κ3) is 2.62. The molecule has 0 atom stereocenters. The molecule has 21 heavy (non-hydrogen) atoms. The number of aryl methyl sites for hydroxylation is 1. The summed E-state index contributed by atoms with van der Waals surface area (Å²) in [5, 5.41) is 10.2. The SMILES string of the molecule is Cc1c(-c2cccnc2)n(CC(=O)O)c2ccccc12.Cl. The Kier molecular flexibility index (Phi) is 4.29. The molecule has 108 valence electrons. The van der Waals surface area contributed by atoms with Crippen LogP contribution < -0.4 is 0 Å². The summed E-state index contributed by atoms with van der Waals surface area (Å²) in [5.74, 6) is -0.851. The number of aromatic nitrogens is 2. The van der Waals surface area contributed by atoms with Gasteiger partial charge in [-0.25, -0.2) is 0 Å². The predicted octanol–water partition coefficient (Wildman–Crippen LogP) is 3.52. The van der Waals surface area contributed by atoms with Crippen LogP contribution in [0, 0.1) is 6.92 Å². The first-order valence-electron chi connectivity index (χ1n) is 6.38. The molecular weight excluding hydrogens is 288 g/mol. The van der Waals surface area contributed by atoms with E-state index in [-0.39, 0.29) is 19.0 Å². The van der Waals surface area contributed by atoms with Crippen molar-refractivity contribution in [1.29, 1.82) is 0 Å². The minimum atomic E-state index is -0.851. The van der Waals surface area contributed by atoms with Crippen molar-refractivity contribution in [3.8, 4) is 11.3 Å². The largest absolute Gasteiger partial charge is 0.480 e. The van der Waals surface area contributed by atoms with Gasteiger partial charge in [0, 0.05) is 28.9 Å². The molecule has 0 saturated heterocycles. The molecule has 0 aliphatic rings. The van der Waals surface area contributed by atoms with Gasteiger partial charge in [0.2, 0.25) is 0 Å². The Hall–Kier alpha value is -2.33. The summed E-state index contributed by atoms with van der Waals surface area (Å²) in [6.45, 7) is 1.96. The molecular formula is C16H15ClN2O2. The summed E-state index contributed by atoms with van der Waals surface area (Å²) in [5.41, 5.74) is 3.87. The molecule has 0 saturated carbocycles. The number of aliphatic carboxylic acids is 1. The van der Waals surface area contributed by atoms with Crippen LogP contribution in [0.1, 0.15) is 5.56 Å². The van der Waals surface area contributed by atoms with Crippen molar-refractivity contribution in [2.45, 2.75) is 13.5 Å². The van der Waals surface area contributed by atoms with Crippen molar-refractivity contribution in [1.82, 2.24) is 9.55 Å². The van der Waals surface area contributed by atoms with E-state index in [4.69, 9.17) is 0 Å². The van der Waals surface area contributed by atoms with Gasteiger partial charge in [0.05, 0.1) is 5.69 Å². The van der Waals surface area contributed by atoms with Crippen molar-refractivity contribution in [2.75, 3.05) is 0 Å². The van der Waals surface area contributed by atoms with Gasteiger partial charge in [0.1, 0.15) is 6.54 Å². The molecule has 0 aliphatic heterocycles. The number of carbonyl (C=O) groups is 1. The zero-order valence-corrected chi connectivity index (χ0v) is 12.3. The molecule has 0 amide bonds. The second kappa shape index (κ2) is 5.97. The zero-order valence-electron chi connectivity index (χ0n) is 11.5. The highest BCUT2D eigenvalue weighted by Crippen LogP contribution is 2.32. The van der Waals surface area contributed by atoms with Crippen LogP contribution in [0.3, 0.4) is 0 Å².